The number of aromatic nitrogens is 1. The fourth-order valence-electron chi connectivity index (χ4n) is 1.70. The number of hydrogen-bond acceptors (Lipinski definition) is 3. The number of aryl methyl sites for hydroxylation is 1. The van der Waals surface area contributed by atoms with E-state index in [9.17, 15) is 4.79 Å². The minimum atomic E-state index is -0.396. The largest absolute Gasteiger partial charge is 0.464 e. The van der Waals surface area contributed by atoms with Crippen LogP contribution in [-0.4, -0.2) is 18.1 Å². The monoisotopic (exact) mass is 214 g/mol. The first-order chi connectivity index (χ1) is 7.67. The zero-order valence-corrected chi connectivity index (χ0v) is 9.00. The number of carbonyl (C=O) groups is 1. The molecular formula is C12H10N2O2. The number of nitrogens with zero attached hydrogens (tertiary/aromatic N) is 1. The Bertz CT molecular complexity index is 605. The van der Waals surface area contributed by atoms with E-state index in [4.69, 9.17) is 5.26 Å². The molecule has 0 aliphatic carbocycles. The summed E-state index contributed by atoms with van der Waals surface area (Å²) < 4.78 is 4.67. The van der Waals surface area contributed by atoms with Crippen molar-refractivity contribution in [3.05, 3.63) is 35.0 Å². The number of esters is 1. The van der Waals surface area contributed by atoms with Crippen LogP contribution in [0.4, 0.5) is 0 Å². The van der Waals surface area contributed by atoms with Crippen molar-refractivity contribution in [2.45, 2.75) is 6.92 Å². The van der Waals surface area contributed by atoms with Crippen LogP contribution in [0.2, 0.25) is 0 Å². The van der Waals surface area contributed by atoms with Gasteiger partial charge in [-0.05, 0) is 30.7 Å². The van der Waals surface area contributed by atoms with Gasteiger partial charge in [0, 0.05) is 10.9 Å². The van der Waals surface area contributed by atoms with Crippen LogP contribution in [0.3, 0.4) is 0 Å². The molecule has 0 saturated heterocycles. The number of nitrogens with one attached hydrogen (secondary N) is 1. The highest BCUT2D eigenvalue weighted by Crippen LogP contribution is 2.23. The topological polar surface area (TPSA) is 65.9 Å². The van der Waals surface area contributed by atoms with Crippen LogP contribution in [-0.2, 0) is 4.74 Å². The summed E-state index contributed by atoms with van der Waals surface area (Å²) in [6.07, 6.45) is 0. The van der Waals surface area contributed by atoms with E-state index in [-0.39, 0.29) is 0 Å². The molecule has 1 N–H and O–H groups in total. The van der Waals surface area contributed by atoms with E-state index in [0.29, 0.717) is 11.3 Å². The Morgan fingerprint density at radius 3 is 2.88 bits per heavy atom. The van der Waals surface area contributed by atoms with Crippen molar-refractivity contribution in [1.29, 1.82) is 5.26 Å². The van der Waals surface area contributed by atoms with E-state index in [1.165, 1.54) is 7.11 Å². The number of fused-ring (bicyclic) bond motifs is 1. The second kappa shape index (κ2) is 3.70. The van der Waals surface area contributed by atoms with Gasteiger partial charge < -0.3 is 9.72 Å². The molecule has 80 valence electrons. The average Bonchev–Trinajstić information content (AvgIpc) is 2.65. The van der Waals surface area contributed by atoms with Crippen LogP contribution >= 0.6 is 0 Å². The van der Waals surface area contributed by atoms with Gasteiger partial charge in [-0.1, -0.05) is 0 Å². The first-order valence-electron chi connectivity index (χ1n) is 4.78. The molecule has 2 rings (SSSR count). The van der Waals surface area contributed by atoms with Gasteiger partial charge in [-0.15, -0.1) is 0 Å². The predicted molar refractivity (Wildman–Crippen MR) is 59.1 cm³/mol. The molecule has 0 unspecified atom stereocenters. The lowest BCUT2D eigenvalue weighted by molar-refractivity contribution is 0.0594. The SMILES string of the molecule is COC(=O)c1[nH]c2ccc(C#N)cc2c1C. The number of ether oxygens (including phenoxy) is 1. The number of aromatic amines is 1. The minimum Gasteiger partial charge on any atom is -0.464 e. The molecule has 0 atom stereocenters. The number of carbonyl (C=O) groups excluding carboxylic acids is 1. The van der Waals surface area contributed by atoms with Crippen LogP contribution in [0.15, 0.2) is 18.2 Å². The van der Waals surface area contributed by atoms with E-state index < -0.39 is 5.97 Å². The van der Waals surface area contributed by atoms with Gasteiger partial charge in [-0.2, -0.15) is 5.26 Å². The van der Waals surface area contributed by atoms with Crippen molar-refractivity contribution < 1.29 is 9.53 Å². The van der Waals surface area contributed by atoms with Gasteiger partial charge in [0.05, 0.1) is 18.7 Å². The molecule has 0 radical (unpaired) electrons. The van der Waals surface area contributed by atoms with Gasteiger partial charge in [0.1, 0.15) is 5.69 Å². The number of hydrogen-bond donors (Lipinski definition) is 1. The standard InChI is InChI=1S/C12H10N2O2/c1-7-9-5-8(6-13)3-4-10(9)14-11(7)12(15)16-2/h3-5,14H,1-2H3. The number of methoxy groups -OCH3 is 1. The molecule has 16 heavy (non-hydrogen) atoms. The Kier molecular flexibility index (Phi) is 2.37. The van der Waals surface area contributed by atoms with Crippen LogP contribution in [0.25, 0.3) is 10.9 Å². The van der Waals surface area contributed by atoms with Crippen molar-refractivity contribution in [2.75, 3.05) is 7.11 Å². The van der Waals surface area contributed by atoms with Gasteiger partial charge in [-0.25, -0.2) is 4.79 Å². The maximum Gasteiger partial charge on any atom is 0.354 e. The van der Waals surface area contributed by atoms with E-state index in [1.54, 1.807) is 18.2 Å². The lowest BCUT2D eigenvalue weighted by Gasteiger charge is -1.96. The maximum atomic E-state index is 11.4. The van der Waals surface area contributed by atoms with Crippen molar-refractivity contribution >= 4 is 16.9 Å². The number of nitriles is 1. The molecule has 0 saturated carbocycles. The molecule has 1 aromatic carbocycles. The predicted octanol–water partition coefficient (Wildman–Crippen LogP) is 2.13. The fourth-order valence-corrected chi connectivity index (χ4v) is 1.70. The Hall–Kier alpha value is -2.28. The summed E-state index contributed by atoms with van der Waals surface area (Å²) in [7, 11) is 1.34. The quantitative estimate of drug-likeness (QED) is 0.739. The number of benzene rings is 1. The molecular weight excluding hydrogens is 204 g/mol. The maximum absolute atomic E-state index is 11.4. The number of H-pyrrole nitrogens is 1. The van der Waals surface area contributed by atoms with Crippen molar-refractivity contribution in [3.63, 3.8) is 0 Å². The van der Waals surface area contributed by atoms with Crippen LogP contribution in [0.1, 0.15) is 21.6 Å². The van der Waals surface area contributed by atoms with Gasteiger partial charge in [0.15, 0.2) is 0 Å². The Morgan fingerprint density at radius 1 is 1.50 bits per heavy atom. The third-order valence-electron chi connectivity index (χ3n) is 2.58. The molecule has 1 aromatic heterocycles. The molecule has 0 amide bonds. The average molecular weight is 214 g/mol. The van der Waals surface area contributed by atoms with Gasteiger partial charge in [0.25, 0.3) is 0 Å². The smallest absolute Gasteiger partial charge is 0.354 e. The third-order valence-corrected chi connectivity index (χ3v) is 2.58. The highest BCUT2D eigenvalue weighted by Gasteiger charge is 2.14. The summed E-state index contributed by atoms with van der Waals surface area (Å²) >= 11 is 0. The molecule has 1 heterocycles. The van der Waals surface area contributed by atoms with Crippen LogP contribution in [0, 0.1) is 18.3 Å². The Morgan fingerprint density at radius 2 is 2.25 bits per heavy atom. The zero-order chi connectivity index (χ0) is 11.7. The summed E-state index contributed by atoms with van der Waals surface area (Å²) in [5.74, 6) is -0.396. The number of rotatable bonds is 1. The molecule has 4 nitrogen and oxygen atoms in total. The molecule has 0 aliphatic heterocycles. The second-order valence-electron chi connectivity index (χ2n) is 3.49. The molecule has 0 aliphatic rings. The highest BCUT2D eigenvalue weighted by atomic mass is 16.5. The molecule has 4 heteroatoms. The van der Waals surface area contributed by atoms with E-state index in [1.807, 2.05) is 6.92 Å². The first-order valence-corrected chi connectivity index (χ1v) is 4.78. The Balaban J connectivity index is 2.70. The summed E-state index contributed by atoms with van der Waals surface area (Å²) in [6, 6.07) is 7.32. The van der Waals surface area contributed by atoms with Crippen molar-refractivity contribution in [3.8, 4) is 6.07 Å². The Labute approximate surface area is 92.4 Å². The normalized spacial score (nSPS) is 10.1. The first kappa shape index (κ1) is 10.2. The third kappa shape index (κ3) is 1.43. The van der Waals surface area contributed by atoms with Gasteiger partial charge >= 0.3 is 5.97 Å². The molecule has 0 spiro atoms. The summed E-state index contributed by atoms with van der Waals surface area (Å²) in [5, 5.41) is 9.67. The molecule has 0 bridgehead atoms. The van der Waals surface area contributed by atoms with Crippen LogP contribution < -0.4 is 0 Å². The van der Waals surface area contributed by atoms with Gasteiger partial charge in [0.2, 0.25) is 0 Å². The lowest BCUT2D eigenvalue weighted by atomic mass is 10.1. The van der Waals surface area contributed by atoms with E-state index >= 15 is 0 Å². The van der Waals surface area contributed by atoms with Gasteiger partial charge in [-0.3, -0.25) is 0 Å². The minimum absolute atomic E-state index is 0.396. The van der Waals surface area contributed by atoms with E-state index in [2.05, 4.69) is 15.8 Å². The van der Waals surface area contributed by atoms with Crippen molar-refractivity contribution in [1.82, 2.24) is 4.98 Å². The summed E-state index contributed by atoms with van der Waals surface area (Å²) in [5.41, 5.74) is 2.65. The van der Waals surface area contributed by atoms with E-state index in [0.717, 1.165) is 16.5 Å². The fraction of sp³-hybridized carbons (Fsp3) is 0.167. The lowest BCUT2D eigenvalue weighted by Crippen LogP contribution is -2.02. The summed E-state index contributed by atoms with van der Waals surface area (Å²) in [4.78, 5) is 14.4. The summed E-state index contributed by atoms with van der Waals surface area (Å²) in [6.45, 7) is 1.83. The second-order valence-corrected chi connectivity index (χ2v) is 3.49. The molecule has 2 aromatic rings. The molecule has 0 fully saturated rings. The zero-order valence-electron chi connectivity index (χ0n) is 9.00. The van der Waals surface area contributed by atoms with Crippen molar-refractivity contribution in [2.24, 2.45) is 0 Å². The van der Waals surface area contributed by atoms with Crippen LogP contribution in [0.5, 0.6) is 0 Å². The highest BCUT2D eigenvalue weighted by molar-refractivity contribution is 5.98.